The number of amides is 1. The molecule has 3 aromatic rings. The molecule has 0 bridgehead atoms. The van der Waals surface area contributed by atoms with Gasteiger partial charge in [-0.3, -0.25) is 4.79 Å². The van der Waals surface area contributed by atoms with Crippen molar-refractivity contribution < 1.29 is 4.79 Å². The minimum atomic E-state index is -0.550. The molecule has 1 saturated heterocycles. The van der Waals surface area contributed by atoms with Gasteiger partial charge in [0, 0.05) is 36.6 Å². The van der Waals surface area contributed by atoms with Crippen LogP contribution in [0.4, 0.5) is 11.5 Å². The van der Waals surface area contributed by atoms with Crippen molar-refractivity contribution in [3.63, 3.8) is 0 Å². The first-order valence-electron chi connectivity index (χ1n) is 9.97. The first-order valence-corrected chi connectivity index (χ1v) is 9.97. The maximum absolute atomic E-state index is 11.5. The molecule has 0 atom stereocenters. The number of aromatic nitrogens is 3. The summed E-state index contributed by atoms with van der Waals surface area (Å²) in [6.45, 7) is 3.90. The Morgan fingerprint density at radius 1 is 1.28 bits per heavy atom. The standard InChI is InChI=1S/C21H27N7O/c1-28-8-5-14(6-9-28)11-25-19-3-2-15(13-26-19)12-24-17-10-18(20(22)29)27-21-16(17)4-7-23-21/h2-4,7,10,13-14H,5-6,8-9,11-12H2,1H3,(H2,22,29)(H,25,26)(H2,23,24,27). The summed E-state index contributed by atoms with van der Waals surface area (Å²) in [5, 5.41) is 7.73. The van der Waals surface area contributed by atoms with Crippen molar-refractivity contribution in [2.45, 2.75) is 19.4 Å². The number of aromatic amines is 1. The third-order valence-corrected chi connectivity index (χ3v) is 5.50. The second-order valence-electron chi connectivity index (χ2n) is 7.69. The van der Waals surface area contributed by atoms with Gasteiger partial charge >= 0.3 is 0 Å². The molecule has 0 radical (unpaired) electrons. The molecular formula is C21H27N7O. The van der Waals surface area contributed by atoms with Crippen LogP contribution in [0.5, 0.6) is 0 Å². The molecule has 0 aromatic carbocycles. The Kier molecular flexibility index (Phi) is 5.62. The molecule has 8 heteroatoms. The Hall–Kier alpha value is -3.13. The van der Waals surface area contributed by atoms with Gasteiger partial charge in [-0.05, 0) is 62.7 Å². The van der Waals surface area contributed by atoms with E-state index in [9.17, 15) is 4.79 Å². The summed E-state index contributed by atoms with van der Waals surface area (Å²) < 4.78 is 0. The van der Waals surface area contributed by atoms with Gasteiger partial charge in [0.15, 0.2) is 0 Å². The molecule has 5 N–H and O–H groups in total. The van der Waals surface area contributed by atoms with Gasteiger partial charge in [0.2, 0.25) is 0 Å². The van der Waals surface area contributed by atoms with E-state index in [1.165, 1.54) is 25.9 Å². The van der Waals surface area contributed by atoms with Crippen molar-refractivity contribution in [1.29, 1.82) is 0 Å². The fourth-order valence-electron chi connectivity index (χ4n) is 3.66. The number of likely N-dealkylation sites (tertiary alicyclic amines) is 1. The van der Waals surface area contributed by atoms with Crippen LogP contribution in [-0.4, -0.2) is 52.4 Å². The second kappa shape index (κ2) is 8.48. The normalized spacial score (nSPS) is 15.5. The topological polar surface area (TPSA) is 112 Å². The van der Waals surface area contributed by atoms with Crippen LogP contribution in [0.15, 0.2) is 36.7 Å². The highest BCUT2D eigenvalue weighted by molar-refractivity contribution is 5.98. The summed E-state index contributed by atoms with van der Waals surface area (Å²) in [7, 11) is 2.18. The van der Waals surface area contributed by atoms with Crippen LogP contribution in [0.2, 0.25) is 0 Å². The maximum atomic E-state index is 11.5. The molecule has 8 nitrogen and oxygen atoms in total. The van der Waals surface area contributed by atoms with Crippen LogP contribution in [0.1, 0.15) is 28.9 Å². The van der Waals surface area contributed by atoms with Crippen molar-refractivity contribution >= 4 is 28.4 Å². The van der Waals surface area contributed by atoms with Crippen molar-refractivity contribution in [3.05, 3.63) is 47.9 Å². The Labute approximate surface area is 169 Å². The summed E-state index contributed by atoms with van der Waals surface area (Å²) in [6, 6.07) is 7.67. The van der Waals surface area contributed by atoms with Gasteiger partial charge in [-0.2, -0.15) is 0 Å². The first-order chi connectivity index (χ1) is 14.1. The number of hydrogen-bond donors (Lipinski definition) is 4. The Balaban J connectivity index is 1.35. The van der Waals surface area contributed by atoms with Crippen molar-refractivity contribution in [2.75, 3.05) is 37.3 Å². The average Bonchev–Trinajstić information content (AvgIpc) is 3.21. The molecule has 29 heavy (non-hydrogen) atoms. The monoisotopic (exact) mass is 393 g/mol. The molecule has 1 fully saturated rings. The number of nitrogens with zero attached hydrogens (tertiary/aromatic N) is 3. The number of H-pyrrole nitrogens is 1. The number of rotatable bonds is 7. The third-order valence-electron chi connectivity index (χ3n) is 5.50. The quantitative estimate of drug-likeness (QED) is 0.490. The number of pyridine rings is 2. The number of nitrogens with one attached hydrogen (secondary N) is 3. The summed E-state index contributed by atoms with van der Waals surface area (Å²) in [6.07, 6.45) is 6.13. The van der Waals surface area contributed by atoms with Crippen LogP contribution >= 0.6 is 0 Å². The van der Waals surface area contributed by atoms with Gasteiger partial charge in [0.05, 0.1) is 0 Å². The summed E-state index contributed by atoms with van der Waals surface area (Å²) in [4.78, 5) is 25.7. The van der Waals surface area contributed by atoms with Gasteiger partial charge in [-0.1, -0.05) is 6.07 Å². The Bertz CT molecular complexity index is 974. The lowest BCUT2D eigenvalue weighted by molar-refractivity contribution is 0.0996. The fourth-order valence-corrected chi connectivity index (χ4v) is 3.66. The Morgan fingerprint density at radius 2 is 2.10 bits per heavy atom. The van der Waals surface area contributed by atoms with Crippen LogP contribution in [0.25, 0.3) is 11.0 Å². The van der Waals surface area contributed by atoms with E-state index >= 15 is 0 Å². The molecule has 4 rings (SSSR count). The lowest BCUT2D eigenvalue weighted by Crippen LogP contribution is -2.33. The highest BCUT2D eigenvalue weighted by atomic mass is 16.1. The van der Waals surface area contributed by atoms with Crippen molar-refractivity contribution in [3.8, 4) is 0 Å². The zero-order valence-electron chi connectivity index (χ0n) is 16.6. The molecule has 0 aliphatic carbocycles. The third kappa shape index (κ3) is 4.65. The van der Waals surface area contributed by atoms with Crippen LogP contribution in [0, 0.1) is 5.92 Å². The molecule has 152 valence electrons. The number of piperidine rings is 1. The van der Waals surface area contributed by atoms with E-state index in [0.29, 0.717) is 18.1 Å². The molecule has 0 unspecified atom stereocenters. The Morgan fingerprint density at radius 3 is 2.83 bits per heavy atom. The van der Waals surface area contributed by atoms with E-state index in [-0.39, 0.29) is 5.69 Å². The van der Waals surface area contributed by atoms with E-state index in [2.05, 4.69) is 43.6 Å². The van der Waals surface area contributed by atoms with E-state index in [4.69, 9.17) is 5.73 Å². The summed E-state index contributed by atoms with van der Waals surface area (Å²) in [5.74, 6) is 1.07. The highest BCUT2D eigenvalue weighted by Gasteiger charge is 2.16. The van der Waals surface area contributed by atoms with Crippen molar-refractivity contribution in [1.82, 2.24) is 19.9 Å². The summed E-state index contributed by atoms with van der Waals surface area (Å²) >= 11 is 0. The number of primary amides is 1. The number of hydrogen-bond acceptors (Lipinski definition) is 6. The van der Waals surface area contributed by atoms with E-state index in [0.717, 1.165) is 29.0 Å². The highest BCUT2D eigenvalue weighted by Crippen LogP contribution is 2.23. The van der Waals surface area contributed by atoms with E-state index < -0.39 is 5.91 Å². The molecule has 1 aliphatic heterocycles. The van der Waals surface area contributed by atoms with E-state index in [1.54, 1.807) is 12.3 Å². The predicted molar refractivity (Wildman–Crippen MR) is 115 cm³/mol. The largest absolute Gasteiger partial charge is 0.380 e. The maximum Gasteiger partial charge on any atom is 0.267 e. The number of carbonyl (C=O) groups is 1. The van der Waals surface area contributed by atoms with Gasteiger partial charge in [0.25, 0.3) is 5.91 Å². The van der Waals surface area contributed by atoms with Crippen LogP contribution < -0.4 is 16.4 Å². The van der Waals surface area contributed by atoms with Gasteiger partial charge in [-0.15, -0.1) is 0 Å². The molecule has 4 heterocycles. The smallest absolute Gasteiger partial charge is 0.267 e. The minimum Gasteiger partial charge on any atom is -0.380 e. The lowest BCUT2D eigenvalue weighted by atomic mass is 9.97. The average molecular weight is 393 g/mol. The predicted octanol–water partition coefficient (Wildman–Crippen LogP) is 2.42. The zero-order chi connectivity index (χ0) is 20.2. The fraction of sp³-hybridized carbons (Fsp3) is 0.381. The molecule has 0 saturated carbocycles. The van der Waals surface area contributed by atoms with Gasteiger partial charge in [-0.25, -0.2) is 9.97 Å². The molecule has 0 spiro atoms. The zero-order valence-corrected chi connectivity index (χ0v) is 16.6. The first kappa shape index (κ1) is 19.2. The summed E-state index contributed by atoms with van der Waals surface area (Å²) in [5.41, 5.74) is 8.12. The van der Waals surface area contributed by atoms with Crippen LogP contribution in [-0.2, 0) is 6.54 Å². The molecule has 1 amide bonds. The van der Waals surface area contributed by atoms with Gasteiger partial charge < -0.3 is 26.3 Å². The molecular weight excluding hydrogens is 366 g/mol. The number of nitrogens with two attached hydrogens (primary N) is 1. The minimum absolute atomic E-state index is 0.231. The lowest BCUT2D eigenvalue weighted by Gasteiger charge is -2.29. The molecule has 1 aliphatic rings. The van der Waals surface area contributed by atoms with E-state index in [1.807, 2.05) is 18.3 Å². The van der Waals surface area contributed by atoms with Crippen molar-refractivity contribution in [2.24, 2.45) is 11.7 Å². The van der Waals surface area contributed by atoms with Crippen LogP contribution in [0.3, 0.4) is 0 Å². The number of fused-ring (bicyclic) bond motifs is 1. The number of carbonyl (C=O) groups excluding carboxylic acids is 1. The second-order valence-corrected chi connectivity index (χ2v) is 7.69. The van der Waals surface area contributed by atoms with Gasteiger partial charge in [0.1, 0.15) is 17.2 Å². The molecule has 3 aromatic heterocycles. The SMILES string of the molecule is CN1CCC(CNc2ccc(CNc3cc(C(N)=O)nc4[nH]ccc34)cn2)CC1. The number of anilines is 2.